The number of methoxy groups -OCH3 is 1. The van der Waals surface area contributed by atoms with Crippen LogP contribution in [0, 0.1) is 0 Å². The number of fused-ring (bicyclic) bond motifs is 1. The van der Waals surface area contributed by atoms with Crippen molar-refractivity contribution in [3.8, 4) is 17.3 Å². The summed E-state index contributed by atoms with van der Waals surface area (Å²) in [4.78, 5) is 32.5. The Morgan fingerprint density at radius 3 is 2.42 bits per heavy atom. The van der Waals surface area contributed by atoms with Crippen LogP contribution in [-0.2, 0) is 4.79 Å². The number of anilines is 1. The average molecular weight is 578 g/mol. The highest BCUT2D eigenvalue weighted by Crippen LogP contribution is 2.30. The lowest BCUT2D eigenvalue weighted by Crippen LogP contribution is -2.40. The molecular weight excluding hydrogens is 555 g/mol. The number of amides is 2. The zero-order valence-electron chi connectivity index (χ0n) is 21.0. The number of carbonyl (C=O) groups is 2. The molecule has 210 valence electrons. The number of nitrogens with one attached hydrogen (secondary N) is 1. The number of para-hydroxylation sites is 1. The maximum absolute atomic E-state index is 12.6. The summed E-state index contributed by atoms with van der Waals surface area (Å²) in [6, 6.07) is 16.6. The van der Waals surface area contributed by atoms with Gasteiger partial charge in [0.2, 0.25) is 11.7 Å². The Bertz CT molecular complexity index is 1510. The fourth-order valence-corrected chi connectivity index (χ4v) is 4.20. The van der Waals surface area contributed by atoms with Crippen LogP contribution >= 0.6 is 11.6 Å². The van der Waals surface area contributed by atoms with E-state index in [2.05, 4.69) is 20.4 Å². The molecule has 2 amide bonds. The van der Waals surface area contributed by atoms with E-state index in [-0.39, 0.29) is 11.9 Å². The minimum absolute atomic E-state index is 0.0937. The highest BCUT2D eigenvalue weighted by molar-refractivity contribution is 6.33. The lowest BCUT2D eigenvalue weighted by atomic mass is 9.97. The molecule has 1 aliphatic heterocycles. The van der Waals surface area contributed by atoms with Crippen molar-refractivity contribution in [2.75, 3.05) is 25.5 Å². The number of benzene rings is 2. The predicted molar refractivity (Wildman–Crippen MR) is 139 cm³/mol. The summed E-state index contributed by atoms with van der Waals surface area (Å²) in [6.07, 6.45) is -3.61. The number of carboxylic acids is 1. The molecule has 3 heterocycles. The lowest BCUT2D eigenvalue weighted by Gasteiger charge is -2.30. The molecule has 2 N–H and O–H groups in total. The smallest absolute Gasteiger partial charge is 0.490 e. The van der Waals surface area contributed by atoms with Crippen LogP contribution in [-0.4, -0.2) is 63.5 Å². The van der Waals surface area contributed by atoms with Gasteiger partial charge in [0, 0.05) is 24.4 Å². The van der Waals surface area contributed by atoms with Crippen LogP contribution in [0.15, 0.2) is 59.1 Å². The van der Waals surface area contributed by atoms with E-state index < -0.39 is 12.1 Å². The number of nitrogens with zero attached hydrogens (tertiary/aromatic N) is 4. The maximum atomic E-state index is 12.6. The number of halogens is 4. The molecular formula is C26H23ClF3N5O5. The minimum Gasteiger partial charge on any atom is -0.496 e. The first kappa shape index (κ1) is 28.6. The third kappa shape index (κ3) is 6.78. The average Bonchev–Trinajstić information content (AvgIpc) is 3.44. The van der Waals surface area contributed by atoms with Crippen LogP contribution in [0.25, 0.3) is 22.4 Å². The molecule has 10 nitrogen and oxygen atoms in total. The Labute approximate surface area is 230 Å². The van der Waals surface area contributed by atoms with Gasteiger partial charge in [0.05, 0.1) is 23.3 Å². The van der Waals surface area contributed by atoms with Crippen molar-refractivity contribution in [3.63, 3.8) is 0 Å². The summed E-state index contributed by atoms with van der Waals surface area (Å²) in [5.41, 5.74) is 2.05. The Hall–Kier alpha value is -4.39. The van der Waals surface area contributed by atoms with Crippen molar-refractivity contribution in [3.05, 3.63) is 65.5 Å². The van der Waals surface area contributed by atoms with E-state index in [1.54, 1.807) is 24.1 Å². The van der Waals surface area contributed by atoms with E-state index in [1.165, 1.54) is 0 Å². The van der Waals surface area contributed by atoms with Crippen LogP contribution in [0.3, 0.4) is 0 Å². The number of aliphatic carboxylic acids is 1. The molecule has 1 fully saturated rings. The number of pyridine rings is 1. The number of aromatic nitrogens is 3. The topological polar surface area (TPSA) is 131 Å². The van der Waals surface area contributed by atoms with E-state index >= 15 is 0 Å². The molecule has 1 aliphatic rings. The van der Waals surface area contributed by atoms with Gasteiger partial charge in [0.15, 0.2) is 0 Å². The molecule has 0 radical (unpaired) electrons. The van der Waals surface area contributed by atoms with Crippen molar-refractivity contribution in [2.24, 2.45) is 0 Å². The molecule has 2 aromatic carbocycles. The molecule has 0 bridgehead atoms. The molecule has 40 heavy (non-hydrogen) atoms. The van der Waals surface area contributed by atoms with Crippen LogP contribution in [0.2, 0.25) is 5.02 Å². The number of likely N-dealkylation sites (tertiary alicyclic amines) is 1. The lowest BCUT2D eigenvalue weighted by molar-refractivity contribution is -0.192. The van der Waals surface area contributed by atoms with Gasteiger partial charge in [0.25, 0.3) is 0 Å². The zero-order chi connectivity index (χ0) is 28.9. The van der Waals surface area contributed by atoms with E-state index in [0.717, 1.165) is 29.5 Å². The van der Waals surface area contributed by atoms with Crippen molar-refractivity contribution < 1.29 is 37.1 Å². The highest BCUT2D eigenvalue weighted by Gasteiger charge is 2.38. The number of hydrogen-bond donors (Lipinski definition) is 2. The monoisotopic (exact) mass is 577 g/mol. The van der Waals surface area contributed by atoms with Gasteiger partial charge in [-0.05, 0) is 49.2 Å². The van der Waals surface area contributed by atoms with E-state index in [9.17, 15) is 18.0 Å². The number of hydrogen-bond acceptors (Lipinski definition) is 7. The molecule has 0 saturated carbocycles. The summed E-state index contributed by atoms with van der Waals surface area (Å²) < 4.78 is 42.7. The first-order chi connectivity index (χ1) is 19.1. The summed E-state index contributed by atoms with van der Waals surface area (Å²) >= 11 is 6.14. The quantitative estimate of drug-likeness (QED) is 0.302. The fourth-order valence-electron chi connectivity index (χ4n) is 4.02. The van der Waals surface area contributed by atoms with Crippen LogP contribution in [0.5, 0.6) is 5.75 Å². The molecule has 1 saturated heterocycles. The SMILES string of the molecule is COc1cccc2nc(-c3noc(C4CCN(C(=O)Nc5ccccc5Cl)CC4)n3)ccc12.O=C(O)C(F)(F)F. The molecule has 0 atom stereocenters. The third-order valence-electron chi connectivity index (χ3n) is 6.07. The van der Waals surface area contributed by atoms with Gasteiger partial charge in [-0.3, -0.25) is 0 Å². The fraction of sp³-hybridized carbons (Fsp3) is 0.269. The number of carboxylic acid groups (broad SMARTS) is 1. The number of ether oxygens (including phenoxy) is 1. The maximum Gasteiger partial charge on any atom is 0.490 e. The highest BCUT2D eigenvalue weighted by atomic mass is 35.5. The number of urea groups is 1. The van der Waals surface area contributed by atoms with E-state index in [0.29, 0.717) is 41.2 Å². The molecule has 0 unspecified atom stereocenters. The number of rotatable bonds is 4. The second-order valence-electron chi connectivity index (χ2n) is 8.65. The molecule has 5 rings (SSSR count). The van der Waals surface area contributed by atoms with Gasteiger partial charge >= 0.3 is 18.2 Å². The van der Waals surface area contributed by atoms with Crippen molar-refractivity contribution >= 4 is 40.2 Å². The predicted octanol–water partition coefficient (Wildman–Crippen LogP) is 5.99. The summed E-state index contributed by atoms with van der Waals surface area (Å²) in [7, 11) is 1.64. The Balaban J connectivity index is 0.000000470. The first-order valence-corrected chi connectivity index (χ1v) is 12.3. The van der Waals surface area contributed by atoms with Gasteiger partial charge in [-0.25, -0.2) is 14.6 Å². The second kappa shape index (κ2) is 12.2. The summed E-state index contributed by atoms with van der Waals surface area (Å²) in [6.45, 7) is 1.18. The van der Waals surface area contributed by atoms with Crippen LogP contribution in [0.1, 0.15) is 24.7 Å². The van der Waals surface area contributed by atoms with Gasteiger partial charge in [-0.2, -0.15) is 18.2 Å². The Morgan fingerprint density at radius 2 is 1.77 bits per heavy atom. The summed E-state index contributed by atoms with van der Waals surface area (Å²) in [5.74, 6) is -0.869. The molecule has 2 aromatic heterocycles. The van der Waals surface area contributed by atoms with Crippen LogP contribution in [0.4, 0.5) is 23.7 Å². The Kier molecular flexibility index (Phi) is 8.73. The normalized spacial score (nSPS) is 13.9. The van der Waals surface area contributed by atoms with Gasteiger partial charge in [-0.1, -0.05) is 35.0 Å². The van der Waals surface area contributed by atoms with Crippen molar-refractivity contribution in [1.82, 2.24) is 20.0 Å². The molecule has 0 spiro atoms. The van der Waals surface area contributed by atoms with Gasteiger partial charge < -0.3 is 24.6 Å². The van der Waals surface area contributed by atoms with Gasteiger partial charge in [-0.15, -0.1) is 0 Å². The molecule has 4 aromatic rings. The third-order valence-corrected chi connectivity index (χ3v) is 6.40. The van der Waals surface area contributed by atoms with Crippen molar-refractivity contribution in [1.29, 1.82) is 0 Å². The zero-order valence-corrected chi connectivity index (χ0v) is 21.7. The van der Waals surface area contributed by atoms with E-state index in [4.69, 9.17) is 30.8 Å². The van der Waals surface area contributed by atoms with Crippen molar-refractivity contribution in [2.45, 2.75) is 24.9 Å². The largest absolute Gasteiger partial charge is 0.496 e. The second-order valence-corrected chi connectivity index (χ2v) is 9.06. The van der Waals surface area contributed by atoms with Gasteiger partial charge in [0.1, 0.15) is 11.4 Å². The molecule has 0 aliphatic carbocycles. The Morgan fingerprint density at radius 1 is 1.07 bits per heavy atom. The number of carbonyl (C=O) groups excluding carboxylic acids is 1. The number of alkyl halides is 3. The standard InChI is InChI=1S/C24H22ClN5O3.C2HF3O2/c1-32-21-8-4-7-18-16(21)9-10-20(26-18)22-28-23(33-29-22)15-11-13-30(14-12-15)24(31)27-19-6-3-2-5-17(19)25;3-2(4,5)1(6)7/h2-10,15H,11-14H2,1H3,(H,27,31);(H,6,7). The first-order valence-electron chi connectivity index (χ1n) is 11.9. The number of piperidine rings is 1. The minimum atomic E-state index is -5.08. The molecule has 14 heteroatoms. The van der Waals surface area contributed by atoms with Crippen LogP contribution < -0.4 is 10.1 Å². The summed E-state index contributed by atoms with van der Waals surface area (Å²) in [5, 5.41) is 15.6. The van der Waals surface area contributed by atoms with E-state index in [1.807, 2.05) is 42.5 Å².